The van der Waals surface area contributed by atoms with Crippen LogP contribution in [0.1, 0.15) is 329 Å². The van der Waals surface area contributed by atoms with Crippen molar-refractivity contribution in [2.45, 2.75) is 335 Å². The molecule has 0 heterocycles. The van der Waals surface area contributed by atoms with Gasteiger partial charge in [-0.15, -0.1) is 0 Å². The van der Waals surface area contributed by atoms with E-state index >= 15 is 0 Å². The van der Waals surface area contributed by atoms with E-state index in [1.165, 1.54) is 148 Å². The van der Waals surface area contributed by atoms with Crippen LogP contribution in [-0.4, -0.2) is 37.2 Å². The van der Waals surface area contributed by atoms with Gasteiger partial charge in [-0.25, -0.2) is 0 Å². The summed E-state index contributed by atoms with van der Waals surface area (Å²) in [4.78, 5) is 38.4. The molecule has 0 aromatic rings. The highest BCUT2D eigenvalue weighted by molar-refractivity contribution is 5.71. The Kier molecular flexibility index (Phi) is 65.2. The van der Waals surface area contributed by atoms with Crippen molar-refractivity contribution in [3.8, 4) is 0 Å². The summed E-state index contributed by atoms with van der Waals surface area (Å²) < 4.78 is 16.9. The molecule has 0 aromatic carbocycles. The zero-order valence-electron chi connectivity index (χ0n) is 53.3. The standard InChI is InChI=1S/C75H128O6/c1-4-7-10-13-16-19-22-25-27-29-31-33-35-37-39-41-43-45-47-50-53-56-59-62-65-68-74(77)80-71-72(70-79-73(76)67-64-61-58-55-52-49-24-21-18-15-12-9-6-3)81-75(78)69-66-63-60-57-54-51-48-46-44-42-40-38-36-34-32-30-28-26-23-20-17-14-11-8-5-2/h7,10,12,15-16,19,21,24-25,27,31,33,37,39,43,45,50,53,72H,4-6,8-9,11,13-14,17-18,20,22-23,26,28-30,32,34-36,38,40-42,44,46-49,51-52,54-71H2,1-3H3/b10-7-,15-12-,19-16-,24-21-,27-25-,33-31-,39-37-,45-43-,53-50-. The molecule has 81 heavy (non-hydrogen) atoms. The highest BCUT2D eigenvalue weighted by atomic mass is 16.6. The maximum atomic E-state index is 12.9. The zero-order chi connectivity index (χ0) is 58.5. The number of esters is 3. The first-order valence-electron chi connectivity index (χ1n) is 34.4. The summed E-state index contributed by atoms with van der Waals surface area (Å²) in [5, 5.41) is 0. The van der Waals surface area contributed by atoms with E-state index in [0.717, 1.165) is 141 Å². The molecule has 0 N–H and O–H groups in total. The van der Waals surface area contributed by atoms with Crippen LogP contribution >= 0.6 is 0 Å². The molecule has 0 amide bonds. The molecular formula is C75H128O6. The third kappa shape index (κ3) is 66.8. The average Bonchev–Trinajstić information content (AvgIpc) is 3.46. The molecule has 0 bridgehead atoms. The molecule has 0 radical (unpaired) electrons. The molecule has 0 rings (SSSR count). The Labute approximate surface area is 501 Å². The smallest absolute Gasteiger partial charge is 0.306 e. The molecule has 1 unspecified atom stereocenters. The van der Waals surface area contributed by atoms with E-state index in [0.29, 0.717) is 19.3 Å². The summed E-state index contributed by atoms with van der Waals surface area (Å²) >= 11 is 0. The van der Waals surface area contributed by atoms with Crippen molar-refractivity contribution in [2.24, 2.45) is 0 Å². The third-order valence-corrected chi connectivity index (χ3v) is 14.7. The first kappa shape index (κ1) is 77.1. The molecule has 0 saturated heterocycles. The van der Waals surface area contributed by atoms with Crippen LogP contribution in [0.15, 0.2) is 109 Å². The molecular weight excluding hydrogens is 997 g/mol. The second kappa shape index (κ2) is 68.6. The van der Waals surface area contributed by atoms with E-state index in [1.54, 1.807) is 0 Å². The molecule has 464 valence electrons. The van der Waals surface area contributed by atoms with Crippen LogP contribution in [0.3, 0.4) is 0 Å². The molecule has 6 heteroatoms. The molecule has 6 nitrogen and oxygen atoms in total. The number of carbonyl (C=O) groups is 3. The van der Waals surface area contributed by atoms with E-state index in [4.69, 9.17) is 14.2 Å². The fraction of sp³-hybridized carbons (Fsp3) is 0.720. The second-order valence-corrected chi connectivity index (χ2v) is 22.7. The average molecular weight is 1130 g/mol. The van der Waals surface area contributed by atoms with E-state index in [1.807, 2.05) is 0 Å². The highest BCUT2D eigenvalue weighted by Gasteiger charge is 2.19. The van der Waals surface area contributed by atoms with Gasteiger partial charge in [0.1, 0.15) is 13.2 Å². The van der Waals surface area contributed by atoms with Crippen molar-refractivity contribution in [2.75, 3.05) is 13.2 Å². The lowest BCUT2D eigenvalue weighted by atomic mass is 10.0. The topological polar surface area (TPSA) is 78.9 Å². The fourth-order valence-corrected chi connectivity index (χ4v) is 9.64. The first-order valence-corrected chi connectivity index (χ1v) is 34.4. The largest absolute Gasteiger partial charge is 0.462 e. The SMILES string of the molecule is CC/C=C\C/C=C\C/C=C\C/C=C\C/C=C\C/C=C\C/C=C\CCCCCC(=O)OCC(COC(=O)CCCCCCC/C=C\C/C=C\CCC)OC(=O)CCCCCCCCCCCCCCCCCCCCCCCCCCC. The Morgan fingerprint density at radius 1 is 0.259 bits per heavy atom. The van der Waals surface area contributed by atoms with Gasteiger partial charge in [0.2, 0.25) is 0 Å². The number of hydrogen-bond donors (Lipinski definition) is 0. The van der Waals surface area contributed by atoms with Crippen molar-refractivity contribution in [1.29, 1.82) is 0 Å². The Hall–Kier alpha value is -3.93. The van der Waals surface area contributed by atoms with Gasteiger partial charge < -0.3 is 14.2 Å². The Bertz CT molecular complexity index is 1620. The van der Waals surface area contributed by atoms with Crippen LogP contribution in [0.2, 0.25) is 0 Å². The quantitative estimate of drug-likeness (QED) is 0.0261. The molecule has 0 aliphatic rings. The van der Waals surface area contributed by atoms with Crippen LogP contribution in [0.25, 0.3) is 0 Å². The van der Waals surface area contributed by atoms with Crippen molar-refractivity contribution < 1.29 is 28.6 Å². The minimum absolute atomic E-state index is 0.0950. The van der Waals surface area contributed by atoms with Gasteiger partial charge in [0.05, 0.1) is 0 Å². The predicted octanol–water partition coefficient (Wildman–Crippen LogP) is 23.8. The van der Waals surface area contributed by atoms with E-state index in [9.17, 15) is 14.4 Å². The summed E-state index contributed by atoms with van der Waals surface area (Å²) in [6, 6.07) is 0. The van der Waals surface area contributed by atoms with Gasteiger partial charge in [0.25, 0.3) is 0 Å². The maximum Gasteiger partial charge on any atom is 0.306 e. The van der Waals surface area contributed by atoms with Gasteiger partial charge in [0.15, 0.2) is 6.10 Å². The normalized spacial score (nSPS) is 12.8. The number of ether oxygens (including phenoxy) is 3. The third-order valence-electron chi connectivity index (χ3n) is 14.7. The molecule has 1 atom stereocenters. The Morgan fingerprint density at radius 2 is 0.506 bits per heavy atom. The lowest BCUT2D eigenvalue weighted by molar-refractivity contribution is -0.167. The van der Waals surface area contributed by atoms with Crippen molar-refractivity contribution in [3.05, 3.63) is 109 Å². The van der Waals surface area contributed by atoms with Crippen LogP contribution in [0.5, 0.6) is 0 Å². The number of hydrogen-bond acceptors (Lipinski definition) is 6. The molecule has 0 spiro atoms. The van der Waals surface area contributed by atoms with Gasteiger partial charge in [-0.05, 0) is 103 Å². The Balaban J connectivity index is 4.36. The van der Waals surface area contributed by atoms with Crippen molar-refractivity contribution in [1.82, 2.24) is 0 Å². The number of unbranched alkanes of at least 4 members (excludes halogenated alkanes) is 33. The summed E-state index contributed by atoms with van der Waals surface area (Å²) in [6.07, 6.45) is 94.0. The van der Waals surface area contributed by atoms with Gasteiger partial charge in [0, 0.05) is 19.3 Å². The highest BCUT2D eigenvalue weighted by Crippen LogP contribution is 2.17. The van der Waals surface area contributed by atoms with Gasteiger partial charge in [-0.1, -0.05) is 316 Å². The lowest BCUT2D eigenvalue weighted by Crippen LogP contribution is -2.30. The van der Waals surface area contributed by atoms with Crippen LogP contribution in [0.4, 0.5) is 0 Å². The van der Waals surface area contributed by atoms with Gasteiger partial charge in [-0.3, -0.25) is 14.4 Å². The number of allylic oxidation sites excluding steroid dienone is 18. The van der Waals surface area contributed by atoms with E-state index in [2.05, 4.69) is 130 Å². The van der Waals surface area contributed by atoms with Crippen LogP contribution < -0.4 is 0 Å². The first-order chi connectivity index (χ1) is 40.0. The number of rotatable bonds is 62. The van der Waals surface area contributed by atoms with E-state index in [-0.39, 0.29) is 31.1 Å². The van der Waals surface area contributed by atoms with Crippen LogP contribution in [0, 0.1) is 0 Å². The summed E-state index contributed by atoms with van der Waals surface area (Å²) in [6.45, 7) is 6.46. The summed E-state index contributed by atoms with van der Waals surface area (Å²) in [5.41, 5.74) is 0. The lowest BCUT2D eigenvalue weighted by Gasteiger charge is -2.18. The monoisotopic (exact) mass is 1120 g/mol. The minimum atomic E-state index is -0.800. The molecule has 0 fully saturated rings. The maximum absolute atomic E-state index is 12.9. The summed E-state index contributed by atoms with van der Waals surface area (Å²) in [7, 11) is 0. The van der Waals surface area contributed by atoms with Gasteiger partial charge >= 0.3 is 17.9 Å². The predicted molar refractivity (Wildman–Crippen MR) is 353 cm³/mol. The van der Waals surface area contributed by atoms with Crippen molar-refractivity contribution in [3.63, 3.8) is 0 Å². The molecule has 0 aliphatic carbocycles. The zero-order valence-corrected chi connectivity index (χ0v) is 53.3. The molecule has 0 aliphatic heterocycles. The number of carbonyl (C=O) groups excluding carboxylic acids is 3. The Morgan fingerprint density at radius 3 is 0.815 bits per heavy atom. The molecule has 0 saturated carbocycles. The van der Waals surface area contributed by atoms with Crippen LogP contribution in [-0.2, 0) is 28.6 Å². The fourth-order valence-electron chi connectivity index (χ4n) is 9.64. The van der Waals surface area contributed by atoms with Crippen molar-refractivity contribution >= 4 is 17.9 Å². The summed E-state index contributed by atoms with van der Waals surface area (Å²) in [5.74, 6) is -0.930. The second-order valence-electron chi connectivity index (χ2n) is 22.7. The van der Waals surface area contributed by atoms with E-state index < -0.39 is 6.10 Å². The molecule has 0 aromatic heterocycles. The van der Waals surface area contributed by atoms with Gasteiger partial charge in [-0.2, -0.15) is 0 Å². The minimum Gasteiger partial charge on any atom is -0.462 e.